The summed E-state index contributed by atoms with van der Waals surface area (Å²) in [5.41, 5.74) is 0.217. The van der Waals surface area contributed by atoms with E-state index < -0.39 is 29.5 Å². The van der Waals surface area contributed by atoms with Crippen LogP contribution in [-0.2, 0) is 19.9 Å². The molecule has 1 fully saturated rings. The summed E-state index contributed by atoms with van der Waals surface area (Å²) in [6.07, 6.45) is 0.378. The van der Waals surface area contributed by atoms with Gasteiger partial charge in [0.25, 0.3) is 5.91 Å². The first-order chi connectivity index (χ1) is 12.2. The van der Waals surface area contributed by atoms with Gasteiger partial charge in [0.1, 0.15) is 17.3 Å². The van der Waals surface area contributed by atoms with Crippen molar-refractivity contribution in [3.8, 4) is 5.75 Å². The van der Waals surface area contributed by atoms with Gasteiger partial charge >= 0.3 is 12.0 Å². The van der Waals surface area contributed by atoms with E-state index in [9.17, 15) is 14.4 Å². The summed E-state index contributed by atoms with van der Waals surface area (Å²) in [5.74, 6) is -0.393. The molecule has 3 atom stereocenters. The minimum absolute atomic E-state index is 0.277. The number of rotatable bonds is 6. The summed E-state index contributed by atoms with van der Waals surface area (Å²) in [7, 11) is 1.57. The Hall–Kier alpha value is -2.57. The Bertz CT molecular complexity index is 733. The van der Waals surface area contributed by atoms with Crippen LogP contribution >= 0.6 is 0 Å². The number of carbonyl (C=O) groups is 3. The van der Waals surface area contributed by atoms with Crippen LogP contribution in [-0.4, -0.2) is 42.1 Å². The number of ether oxygens (including phenoxy) is 2. The largest absolute Gasteiger partial charge is 0.496 e. The molecule has 142 valence electrons. The third kappa shape index (κ3) is 3.38. The van der Waals surface area contributed by atoms with Gasteiger partial charge in [-0.15, -0.1) is 0 Å². The fraction of sp³-hybridized carbons (Fsp3) is 0.526. The van der Waals surface area contributed by atoms with Crippen LogP contribution in [0.25, 0.3) is 0 Å². The van der Waals surface area contributed by atoms with Gasteiger partial charge in [0, 0.05) is 0 Å². The second-order valence-electron chi connectivity index (χ2n) is 6.75. The third-order valence-electron chi connectivity index (χ3n) is 4.82. The molecule has 1 aliphatic rings. The first-order valence-corrected chi connectivity index (χ1v) is 8.67. The van der Waals surface area contributed by atoms with E-state index in [4.69, 9.17) is 9.47 Å². The van der Waals surface area contributed by atoms with E-state index in [1.807, 2.05) is 13.8 Å². The first-order valence-electron chi connectivity index (χ1n) is 8.67. The Labute approximate surface area is 153 Å². The lowest BCUT2D eigenvalue weighted by atomic mass is 9.90. The number of hydrogen-bond donors (Lipinski definition) is 1. The molecule has 1 aromatic rings. The van der Waals surface area contributed by atoms with Crippen LogP contribution in [0, 0.1) is 6.92 Å². The van der Waals surface area contributed by atoms with Gasteiger partial charge in [0.2, 0.25) is 0 Å². The van der Waals surface area contributed by atoms with Crippen molar-refractivity contribution < 1.29 is 23.9 Å². The van der Waals surface area contributed by atoms with Crippen LogP contribution in [0.3, 0.4) is 0 Å². The molecule has 7 heteroatoms. The molecule has 3 unspecified atom stereocenters. The molecule has 1 aromatic carbocycles. The van der Waals surface area contributed by atoms with E-state index >= 15 is 0 Å². The highest BCUT2D eigenvalue weighted by Crippen LogP contribution is 2.32. The number of imide groups is 1. The normalized spacial score (nSPS) is 22.0. The molecule has 2 rings (SSSR count). The van der Waals surface area contributed by atoms with Crippen molar-refractivity contribution in [3.63, 3.8) is 0 Å². The Morgan fingerprint density at radius 3 is 2.50 bits per heavy atom. The maximum absolute atomic E-state index is 13.0. The maximum Gasteiger partial charge on any atom is 0.329 e. The number of esters is 1. The molecule has 1 heterocycles. The van der Waals surface area contributed by atoms with Crippen molar-refractivity contribution in [1.82, 2.24) is 10.2 Å². The highest BCUT2D eigenvalue weighted by Gasteiger charge is 2.52. The first kappa shape index (κ1) is 19.8. The molecule has 0 bridgehead atoms. The number of aryl methyl sites for hydroxylation is 1. The van der Waals surface area contributed by atoms with E-state index in [0.717, 1.165) is 10.5 Å². The van der Waals surface area contributed by atoms with E-state index in [2.05, 4.69) is 5.32 Å². The highest BCUT2D eigenvalue weighted by atomic mass is 16.5. The van der Waals surface area contributed by atoms with Crippen LogP contribution in [0.5, 0.6) is 5.75 Å². The number of hydrogen-bond acceptors (Lipinski definition) is 5. The van der Waals surface area contributed by atoms with Gasteiger partial charge in [-0.05, 0) is 57.4 Å². The standard InChI is InChI=1S/C19H26N2O5/c1-7-12(3)26-16(22)13(4)21-17(23)19(5,20-18(21)24)14-8-9-15(25-6)11(2)10-14/h8-10,12-13H,7H2,1-6H3,(H,20,24). The Morgan fingerprint density at radius 1 is 1.31 bits per heavy atom. The molecule has 1 aliphatic heterocycles. The lowest BCUT2D eigenvalue weighted by Gasteiger charge is -2.25. The molecular formula is C19H26N2O5. The van der Waals surface area contributed by atoms with Gasteiger partial charge in [-0.25, -0.2) is 14.5 Å². The summed E-state index contributed by atoms with van der Waals surface area (Å²) < 4.78 is 10.5. The van der Waals surface area contributed by atoms with Gasteiger partial charge in [-0.1, -0.05) is 13.0 Å². The number of nitrogens with zero attached hydrogens (tertiary/aromatic N) is 1. The van der Waals surface area contributed by atoms with Crippen LogP contribution in [0.4, 0.5) is 4.79 Å². The molecule has 0 aromatic heterocycles. The van der Waals surface area contributed by atoms with Crippen LogP contribution in [0.15, 0.2) is 18.2 Å². The average molecular weight is 362 g/mol. The van der Waals surface area contributed by atoms with Crippen molar-refractivity contribution in [2.45, 2.75) is 58.7 Å². The van der Waals surface area contributed by atoms with E-state index in [1.165, 1.54) is 6.92 Å². The fourth-order valence-corrected chi connectivity index (χ4v) is 2.88. The van der Waals surface area contributed by atoms with Crippen molar-refractivity contribution in [3.05, 3.63) is 29.3 Å². The van der Waals surface area contributed by atoms with Gasteiger partial charge in [-0.3, -0.25) is 4.79 Å². The molecule has 26 heavy (non-hydrogen) atoms. The molecule has 0 radical (unpaired) electrons. The van der Waals surface area contributed by atoms with Gasteiger partial charge in [0.05, 0.1) is 13.2 Å². The zero-order chi connectivity index (χ0) is 19.6. The summed E-state index contributed by atoms with van der Waals surface area (Å²) >= 11 is 0. The zero-order valence-electron chi connectivity index (χ0n) is 16.1. The SMILES string of the molecule is CCC(C)OC(=O)C(C)N1C(=O)NC(C)(c2ccc(OC)c(C)c2)C1=O. The predicted molar refractivity (Wildman–Crippen MR) is 95.8 cm³/mol. The van der Waals surface area contributed by atoms with Gasteiger partial charge in [-0.2, -0.15) is 0 Å². The minimum Gasteiger partial charge on any atom is -0.496 e. The van der Waals surface area contributed by atoms with Crippen LogP contribution in [0.2, 0.25) is 0 Å². The van der Waals surface area contributed by atoms with E-state index in [-0.39, 0.29) is 6.10 Å². The molecule has 0 saturated carbocycles. The Balaban J connectivity index is 2.29. The lowest BCUT2D eigenvalue weighted by molar-refractivity contribution is -0.156. The van der Waals surface area contributed by atoms with Crippen molar-refractivity contribution in [2.75, 3.05) is 7.11 Å². The van der Waals surface area contributed by atoms with E-state index in [0.29, 0.717) is 17.7 Å². The molecule has 7 nitrogen and oxygen atoms in total. The summed E-state index contributed by atoms with van der Waals surface area (Å²) in [5, 5.41) is 2.70. The minimum atomic E-state index is -1.25. The summed E-state index contributed by atoms with van der Waals surface area (Å²) in [6.45, 7) is 8.63. The molecule has 0 aliphatic carbocycles. The molecular weight excluding hydrogens is 336 g/mol. The quantitative estimate of drug-likeness (QED) is 0.621. The topological polar surface area (TPSA) is 84.9 Å². The van der Waals surface area contributed by atoms with Crippen molar-refractivity contribution >= 4 is 17.9 Å². The lowest BCUT2D eigenvalue weighted by Crippen LogP contribution is -2.46. The van der Waals surface area contributed by atoms with Crippen molar-refractivity contribution in [2.24, 2.45) is 0 Å². The number of amides is 3. The molecule has 0 spiro atoms. The molecule has 3 amide bonds. The highest BCUT2D eigenvalue weighted by molar-refractivity contribution is 6.09. The molecule has 1 N–H and O–H groups in total. The second-order valence-corrected chi connectivity index (χ2v) is 6.75. The smallest absolute Gasteiger partial charge is 0.329 e. The Morgan fingerprint density at radius 2 is 1.96 bits per heavy atom. The van der Waals surface area contributed by atoms with Gasteiger partial charge < -0.3 is 14.8 Å². The number of urea groups is 1. The fourth-order valence-electron chi connectivity index (χ4n) is 2.88. The second kappa shape index (κ2) is 7.35. The van der Waals surface area contributed by atoms with Crippen molar-refractivity contribution in [1.29, 1.82) is 0 Å². The number of nitrogens with one attached hydrogen (secondary N) is 1. The predicted octanol–water partition coefficient (Wildman–Crippen LogP) is 2.50. The molecule has 1 saturated heterocycles. The number of benzene rings is 1. The number of carbonyl (C=O) groups excluding carboxylic acids is 3. The third-order valence-corrected chi connectivity index (χ3v) is 4.82. The zero-order valence-corrected chi connectivity index (χ0v) is 16.1. The van der Waals surface area contributed by atoms with Crippen LogP contribution in [0.1, 0.15) is 45.2 Å². The van der Waals surface area contributed by atoms with E-state index in [1.54, 1.807) is 39.2 Å². The van der Waals surface area contributed by atoms with Gasteiger partial charge in [0.15, 0.2) is 0 Å². The van der Waals surface area contributed by atoms with Crippen LogP contribution < -0.4 is 10.1 Å². The summed E-state index contributed by atoms with van der Waals surface area (Å²) in [4.78, 5) is 38.7. The summed E-state index contributed by atoms with van der Waals surface area (Å²) in [6, 6.07) is 3.66. The Kier molecular flexibility index (Phi) is 5.59. The maximum atomic E-state index is 13.0. The average Bonchev–Trinajstić information content (AvgIpc) is 2.83. The number of methoxy groups -OCH3 is 1. The monoisotopic (exact) mass is 362 g/mol.